The van der Waals surface area contributed by atoms with Crippen LogP contribution in [0, 0.1) is 6.92 Å². The summed E-state index contributed by atoms with van der Waals surface area (Å²) in [6.45, 7) is 2.16. The van der Waals surface area contributed by atoms with Gasteiger partial charge in [-0.25, -0.2) is 0 Å². The molecule has 0 saturated heterocycles. The van der Waals surface area contributed by atoms with Gasteiger partial charge in [0.1, 0.15) is 0 Å². The highest BCUT2D eigenvalue weighted by atomic mass is 32.1. The fourth-order valence-corrected chi connectivity index (χ4v) is 4.24. The first-order chi connectivity index (χ1) is 9.22. The summed E-state index contributed by atoms with van der Waals surface area (Å²) in [5.74, 6) is 0. The van der Waals surface area contributed by atoms with Gasteiger partial charge in [0.15, 0.2) is 0 Å². The molecule has 19 heavy (non-hydrogen) atoms. The van der Waals surface area contributed by atoms with Crippen molar-refractivity contribution < 1.29 is 0 Å². The van der Waals surface area contributed by atoms with Crippen molar-refractivity contribution in [2.45, 2.75) is 44.1 Å². The van der Waals surface area contributed by atoms with Crippen LogP contribution in [-0.2, 0) is 5.41 Å². The Bertz CT molecular complexity index is 537. The smallest absolute Gasteiger partial charge is 0.0401 e. The van der Waals surface area contributed by atoms with Crippen LogP contribution in [0.3, 0.4) is 0 Å². The highest BCUT2D eigenvalue weighted by Crippen LogP contribution is 2.49. The minimum Gasteiger partial charge on any atom is -0.323 e. The Morgan fingerprint density at radius 2 is 1.84 bits per heavy atom. The van der Waals surface area contributed by atoms with Crippen molar-refractivity contribution >= 4 is 11.3 Å². The van der Waals surface area contributed by atoms with Crippen LogP contribution in [0.4, 0.5) is 0 Å². The lowest BCUT2D eigenvalue weighted by Crippen LogP contribution is -2.36. The summed E-state index contributed by atoms with van der Waals surface area (Å²) < 4.78 is 0. The Labute approximate surface area is 119 Å². The fourth-order valence-electron chi connectivity index (χ4n) is 3.50. The normalized spacial score (nSPS) is 19.5. The Morgan fingerprint density at radius 3 is 2.42 bits per heavy atom. The lowest BCUT2D eigenvalue weighted by molar-refractivity contribution is 0.357. The number of thiophene rings is 1. The molecule has 1 fully saturated rings. The predicted octanol–water partition coefficient (Wildman–Crippen LogP) is 4.57. The molecule has 1 aromatic carbocycles. The summed E-state index contributed by atoms with van der Waals surface area (Å²) in [6.07, 6.45) is 5.03. The number of hydrogen-bond acceptors (Lipinski definition) is 2. The van der Waals surface area contributed by atoms with Crippen LogP contribution in [-0.4, -0.2) is 0 Å². The summed E-state index contributed by atoms with van der Waals surface area (Å²) in [7, 11) is 0. The van der Waals surface area contributed by atoms with Gasteiger partial charge in [-0.15, -0.1) is 11.3 Å². The monoisotopic (exact) mass is 271 g/mol. The van der Waals surface area contributed by atoms with E-state index in [1.54, 1.807) is 11.3 Å². The number of aryl methyl sites for hydroxylation is 1. The van der Waals surface area contributed by atoms with Gasteiger partial charge in [-0.2, -0.15) is 0 Å². The van der Waals surface area contributed by atoms with E-state index in [-0.39, 0.29) is 11.5 Å². The van der Waals surface area contributed by atoms with Gasteiger partial charge in [0, 0.05) is 16.3 Å². The molecule has 1 heterocycles. The van der Waals surface area contributed by atoms with Crippen LogP contribution in [0.5, 0.6) is 0 Å². The molecule has 100 valence electrons. The second kappa shape index (κ2) is 5.10. The van der Waals surface area contributed by atoms with E-state index in [1.165, 1.54) is 41.7 Å². The molecule has 0 bridgehead atoms. The molecular weight excluding hydrogens is 250 g/mol. The zero-order chi connectivity index (χ0) is 13.3. The van der Waals surface area contributed by atoms with E-state index < -0.39 is 0 Å². The largest absolute Gasteiger partial charge is 0.323 e. The molecule has 1 atom stereocenters. The molecule has 0 radical (unpaired) electrons. The van der Waals surface area contributed by atoms with Gasteiger partial charge in [0.25, 0.3) is 0 Å². The van der Waals surface area contributed by atoms with E-state index in [9.17, 15) is 0 Å². The third-order valence-electron chi connectivity index (χ3n) is 4.55. The van der Waals surface area contributed by atoms with E-state index in [4.69, 9.17) is 5.73 Å². The van der Waals surface area contributed by atoms with Gasteiger partial charge in [0.2, 0.25) is 0 Å². The maximum Gasteiger partial charge on any atom is 0.0401 e. The van der Waals surface area contributed by atoms with Crippen LogP contribution in [0.25, 0.3) is 0 Å². The maximum absolute atomic E-state index is 6.69. The van der Waals surface area contributed by atoms with Gasteiger partial charge >= 0.3 is 0 Å². The van der Waals surface area contributed by atoms with Crippen LogP contribution < -0.4 is 5.73 Å². The first kappa shape index (κ1) is 12.9. The van der Waals surface area contributed by atoms with Crippen LogP contribution in [0.1, 0.15) is 47.7 Å². The Morgan fingerprint density at radius 1 is 1.16 bits per heavy atom. The van der Waals surface area contributed by atoms with Crippen LogP contribution >= 0.6 is 11.3 Å². The second-order valence-corrected chi connectivity index (χ2v) is 6.81. The van der Waals surface area contributed by atoms with E-state index in [0.717, 1.165) is 0 Å². The van der Waals surface area contributed by atoms with Crippen LogP contribution in [0.15, 0.2) is 41.8 Å². The van der Waals surface area contributed by atoms with Gasteiger partial charge in [-0.3, -0.25) is 0 Å². The summed E-state index contributed by atoms with van der Waals surface area (Å²) >= 11 is 1.81. The Hall–Kier alpha value is -1.12. The molecule has 0 spiro atoms. The highest BCUT2D eigenvalue weighted by Gasteiger charge is 2.41. The molecule has 1 aliphatic carbocycles. The highest BCUT2D eigenvalue weighted by molar-refractivity contribution is 7.10. The summed E-state index contributed by atoms with van der Waals surface area (Å²) in [6, 6.07) is 13.3. The number of nitrogens with two attached hydrogens (primary N) is 1. The third-order valence-corrected chi connectivity index (χ3v) is 5.43. The van der Waals surface area contributed by atoms with Crippen molar-refractivity contribution in [1.82, 2.24) is 0 Å². The van der Waals surface area contributed by atoms with Crippen LogP contribution in [0.2, 0.25) is 0 Å². The van der Waals surface area contributed by atoms with Crippen molar-refractivity contribution in [3.8, 4) is 0 Å². The molecule has 3 rings (SSSR count). The molecule has 1 nitrogen and oxygen atoms in total. The quantitative estimate of drug-likeness (QED) is 0.869. The molecule has 1 unspecified atom stereocenters. The minimum atomic E-state index is 0.127. The van der Waals surface area contributed by atoms with E-state index in [2.05, 4.69) is 48.7 Å². The third kappa shape index (κ3) is 2.24. The number of benzene rings is 1. The molecule has 0 amide bonds. The summed E-state index contributed by atoms with van der Waals surface area (Å²) in [4.78, 5) is 1.35. The molecule has 1 aromatic heterocycles. The second-order valence-electron chi connectivity index (χ2n) is 5.70. The van der Waals surface area contributed by atoms with Crippen molar-refractivity contribution in [1.29, 1.82) is 0 Å². The van der Waals surface area contributed by atoms with Gasteiger partial charge in [-0.05, 0) is 42.3 Å². The van der Waals surface area contributed by atoms with Gasteiger partial charge in [-0.1, -0.05) is 43.2 Å². The van der Waals surface area contributed by atoms with Crippen molar-refractivity contribution in [3.63, 3.8) is 0 Å². The summed E-state index contributed by atoms with van der Waals surface area (Å²) in [5, 5.41) is 2.24. The summed E-state index contributed by atoms with van der Waals surface area (Å²) in [5.41, 5.74) is 9.57. The molecule has 2 aromatic rings. The number of hydrogen-bond donors (Lipinski definition) is 1. The lowest BCUT2D eigenvalue weighted by Gasteiger charge is -2.36. The fraction of sp³-hybridized carbons (Fsp3) is 0.412. The van der Waals surface area contributed by atoms with Crippen molar-refractivity contribution in [3.05, 3.63) is 57.8 Å². The SMILES string of the molecule is Cc1cc(C(N)C2(c3ccccc3)CCCC2)cs1. The Balaban J connectivity index is 2.01. The standard InChI is InChI=1S/C17H21NS/c1-13-11-14(12-19-13)16(18)17(9-5-6-10-17)15-7-3-2-4-8-15/h2-4,7-8,11-12,16H,5-6,9-10,18H2,1H3. The molecule has 1 saturated carbocycles. The Kier molecular flexibility index (Phi) is 3.46. The van der Waals surface area contributed by atoms with Crippen molar-refractivity contribution in [2.75, 3.05) is 0 Å². The minimum absolute atomic E-state index is 0.127. The van der Waals surface area contributed by atoms with Gasteiger partial charge < -0.3 is 5.73 Å². The molecule has 0 aliphatic heterocycles. The first-order valence-electron chi connectivity index (χ1n) is 7.08. The van der Waals surface area contributed by atoms with E-state index in [1.807, 2.05) is 0 Å². The zero-order valence-corrected chi connectivity index (χ0v) is 12.2. The van der Waals surface area contributed by atoms with Gasteiger partial charge in [0.05, 0.1) is 0 Å². The average molecular weight is 271 g/mol. The maximum atomic E-state index is 6.69. The molecule has 2 heteroatoms. The average Bonchev–Trinajstić information content (AvgIpc) is 3.08. The lowest BCUT2D eigenvalue weighted by atomic mass is 9.71. The molecule has 2 N–H and O–H groups in total. The van der Waals surface area contributed by atoms with E-state index in [0.29, 0.717) is 0 Å². The molecule has 1 aliphatic rings. The topological polar surface area (TPSA) is 26.0 Å². The van der Waals surface area contributed by atoms with E-state index >= 15 is 0 Å². The van der Waals surface area contributed by atoms with Crippen molar-refractivity contribution in [2.24, 2.45) is 5.73 Å². The first-order valence-corrected chi connectivity index (χ1v) is 7.96. The number of rotatable bonds is 3. The molecular formula is C17H21NS. The zero-order valence-electron chi connectivity index (χ0n) is 11.4. The predicted molar refractivity (Wildman–Crippen MR) is 82.6 cm³/mol.